The van der Waals surface area contributed by atoms with Crippen molar-refractivity contribution in [2.24, 2.45) is 23.2 Å². The molecule has 1 unspecified atom stereocenters. The molecule has 2 amide bonds. The fraction of sp³-hybridized carbons (Fsp3) is 0.652. The van der Waals surface area contributed by atoms with Gasteiger partial charge in [0, 0.05) is 24.3 Å². The Bertz CT molecular complexity index is 755. The molecule has 1 N–H and O–H groups in total. The van der Waals surface area contributed by atoms with E-state index in [2.05, 4.69) is 5.32 Å². The van der Waals surface area contributed by atoms with E-state index in [0.717, 1.165) is 42.7 Å². The van der Waals surface area contributed by atoms with E-state index in [4.69, 9.17) is 4.74 Å². The van der Waals surface area contributed by atoms with Crippen LogP contribution in [0.5, 0.6) is 0 Å². The first kappa shape index (κ1) is 18.2. The number of hydrogen-bond acceptors (Lipinski definition) is 3. The maximum absolute atomic E-state index is 13.3. The molecule has 0 radical (unpaired) electrons. The van der Waals surface area contributed by atoms with Gasteiger partial charge in [0.2, 0.25) is 5.91 Å². The molecule has 1 saturated heterocycles. The first-order valence-corrected chi connectivity index (χ1v) is 10.8. The topological polar surface area (TPSA) is 58.6 Å². The normalized spacial score (nSPS) is 36.4. The lowest BCUT2D eigenvalue weighted by Gasteiger charge is -2.55. The smallest absolute Gasteiger partial charge is 0.254 e. The summed E-state index contributed by atoms with van der Waals surface area (Å²) in [6.45, 7) is 3.80. The van der Waals surface area contributed by atoms with E-state index in [1.807, 2.05) is 36.1 Å². The van der Waals surface area contributed by atoms with Crippen LogP contribution >= 0.6 is 0 Å². The molecule has 5 nitrogen and oxygen atoms in total. The van der Waals surface area contributed by atoms with E-state index in [1.54, 1.807) is 0 Å². The van der Waals surface area contributed by atoms with Crippen LogP contribution in [0.1, 0.15) is 55.8 Å². The Hall–Kier alpha value is -1.88. The van der Waals surface area contributed by atoms with Crippen LogP contribution in [0.25, 0.3) is 0 Å². The van der Waals surface area contributed by atoms with Gasteiger partial charge in [-0.2, -0.15) is 0 Å². The van der Waals surface area contributed by atoms with Gasteiger partial charge in [-0.1, -0.05) is 6.07 Å². The number of benzene rings is 1. The van der Waals surface area contributed by atoms with Crippen LogP contribution < -0.4 is 5.32 Å². The van der Waals surface area contributed by atoms with Gasteiger partial charge in [-0.05, 0) is 81.4 Å². The number of morpholine rings is 1. The molecule has 150 valence electrons. The minimum atomic E-state index is -0.172. The fourth-order valence-electron chi connectivity index (χ4n) is 6.57. The summed E-state index contributed by atoms with van der Waals surface area (Å²) in [6.07, 6.45) is 7.20. The van der Waals surface area contributed by atoms with E-state index in [0.29, 0.717) is 25.3 Å². The lowest BCUT2D eigenvalue weighted by atomic mass is 9.49. The molecule has 5 fully saturated rings. The average molecular weight is 383 g/mol. The standard InChI is InChI=1S/C23H30N2O3/c1-15-14-25(5-6-28-15)21(26)19-3-2-4-20(10-19)24-22(27)23-11-16-7-17(12-23)9-18(8-16)13-23/h2-4,10,15-18H,5-9,11-14H2,1H3,(H,24,27). The Morgan fingerprint density at radius 2 is 1.79 bits per heavy atom. The van der Waals surface area contributed by atoms with Crippen molar-refractivity contribution in [1.29, 1.82) is 0 Å². The summed E-state index contributed by atoms with van der Waals surface area (Å²) < 4.78 is 5.54. The van der Waals surface area contributed by atoms with Crippen LogP contribution in [0.2, 0.25) is 0 Å². The molecule has 1 aliphatic heterocycles. The van der Waals surface area contributed by atoms with Crippen LogP contribution in [0.15, 0.2) is 24.3 Å². The van der Waals surface area contributed by atoms with E-state index in [-0.39, 0.29) is 23.3 Å². The van der Waals surface area contributed by atoms with E-state index >= 15 is 0 Å². The number of nitrogens with zero attached hydrogens (tertiary/aromatic N) is 1. The zero-order valence-corrected chi connectivity index (χ0v) is 16.7. The molecule has 1 heterocycles. The predicted octanol–water partition coefficient (Wildman–Crippen LogP) is 3.70. The number of ether oxygens (including phenoxy) is 1. The third-order valence-electron chi connectivity index (χ3n) is 7.42. The zero-order valence-electron chi connectivity index (χ0n) is 16.7. The van der Waals surface area contributed by atoms with Crippen molar-refractivity contribution in [1.82, 2.24) is 4.90 Å². The Balaban J connectivity index is 1.30. The van der Waals surface area contributed by atoms with Crippen molar-refractivity contribution in [2.75, 3.05) is 25.0 Å². The third kappa shape index (κ3) is 3.24. The summed E-state index contributed by atoms with van der Waals surface area (Å²) in [7, 11) is 0. The van der Waals surface area contributed by atoms with Gasteiger partial charge in [-0.25, -0.2) is 0 Å². The summed E-state index contributed by atoms with van der Waals surface area (Å²) >= 11 is 0. The number of rotatable bonds is 3. The summed E-state index contributed by atoms with van der Waals surface area (Å²) in [6, 6.07) is 7.44. The Labute approximate surface area is 166 Å². The van der Waals surface area contributed by atoms with Crippen LogP contribution in [0.4, 0.5) is 5.69 Å². The molecule has 1 atom stereocenters. The van der Waals surface area contributed by atoms with Gasteiger partial charge in [0.1, 0.15) is 0 Å². The van der Waals surface area contributed by atoms with Crippen molar-refractivity contribution < 1.29 is 14.3 Å². The Kier molecular flexibility index (Phi) is 4.46. The molecule has 0 spiro atoms. The minimum absolute atomic E-state index is 0.0149. The van der Waals surface area contributed by atoms with Gasteiger partial charge in [-0.3, -0.25) is 9.59 Å². The highest BCUT2D eigenvalue weighted by Crippen LogP contribution is 2.60. The maximum atomic E-state index is 13.3. The summed E-state index contributed by atoms with van der Waals surface area (Å²) in [5.74, 6) is 2.42. The lowest BCUT2D eigenvalue weighted by molar-refractivity contribution is -0.140. The summed E-state index contributed by atoms with van der Waals surface area (Å²) in [5, 5.41) is 3.17. The van der Waals surface area contributed by atoms with Gasteiger partial charge >= 0.3 is 0 Å². The van der Waals surface area contributed by atoms with Gasteiger partial charge in [0.15, 0.2) is 0 Å². The van der Waals surface area contributed by atoms with Crippen molar-refractivity contribution >= 4 is 17.5 Å². The van der Waals surface area contributed by atoms with Gasteiger partial charge in [0.05, 0.1) is 18.1 Å². The second kappa shape index (κ2) is 6.87. The first-order valence-electron chi connectivity index (χ1n) is 10.8. The average Bonchev–Trinajstić information content (AvgIpc) is 2.66. The van der Waals surface area contributed by atoms with Crippen LogP contribution in [0, 0.1) is 23.2 Å². The number of amides is 2. The highest BCUT2D eigenvalue weighted by molar-refractivity contribution is 5.99. The number of nitrogens with one attached hydrogen (secondary N) is 1. The molecule has 5 aliphatic rings. The van der Waals surface area contributed by atoms with Crippen molar-refractivity contribution in [2.45, 2.75) is 51.6 Å². The van der Waals surface area contributed by atoms with Crippen LogP contribution in [-0.4, -0.2) is 42.5 Å². The van der Waals surface area contributed by atoms with Crippen molar-refractivity contribution in [3.63, 3.8) is 0 Å². The molecular weight excluding hydrogens is 352 g/mol. The summed E-state index contributed by atoms with van der Waals surface area (Å²) in [5.41, 5.74) is 1.21. The van der Waals surface area contributed by atoms with E-state index in [1.165, 1.54) is 19.3 Å². The Morgan fingerprint density at radius 3 is 2.43 bits per heavy atom. The highest BCUT2D eigenvalue weighted by atomic mass is 16.5. The minimum Gasteiger partial charge on any atom is -0.375 e. The van der Waals surface area contributed by atoms with Crippen LogP contribution in [0.3, 0.4) is 0 Å². The molecule has 1 aromatic rings. The highest BCUT2D eigenvalue weighted by Gasteiger charge is 2.54. The fourth-order valence-corrected chi connectivity index (χ4v) is 6.57. The Morgan fingerprint density at radius 1 is 1.11 bits per heavy atom. The zero-order chi connectivity index (χ0) is 19.3. The molecule has 4 bridgehead atoms. The van der Waals surface area contributed by atoms with E-state index < -0.39 is 0 Å². The van der Waals surface area contributed by atoms with Crippen LogP contribution in [-0.2, 0) is 9.53 Å². The molecule has 1 aromatic carbocycles. The number of carbonyl (C=O) groups excluding carboxylic acids is 2. The lowest BCUT2D eigenvalue weighted by Crippen LogP contribution is -2.51. The van der Waals surface area contributed by atoms with Gasteiger partial charge in [-0.15, -0.1) is 0 Å². The second-order valence-electron chi connectivity index (χ2n) is 9.67. The maximum Gasteiger partial charge on any atom is 0.254 e. The van der Waals surface area contributed by atoms with Gasteiger partial charge < -0.3 is 15.0 Å². The molecular formula is C23H30N2O3. The second-order valence-corrected chi connectivity index (χ2v) is 9.67. The SMILES string of the molecule is CC1CN(C(=O)c2cccc(NC(=O)C34CC5CC(CC(C5)C3)C4)c2)CCO1. The third-order valence-corrected chi connectivity index (χ3v) is 7.42. The largest absolute Gasteiger partial charge is 0.375 e. The molecule has 28 heavy (non-hydrogen) atoms. The van der Waals surface area contributed by atoms with Gasteiger partial charge in [0.25, 0.3) is 5.91 Å². The van der Waals surface area contributed by atoms with Crippen molar-refractivity contribution in [3.05, 3.63) is 29.8 Å². The van der Waals surface area contributed by atoms with Crippen molar-refractivity contribution in [3.8, 4) is 0 Å². The number of hydrogen-bond donors (Lipinski definition) is 1. The predicted molar refractivity (Wildman–Crippen MR) is 107 cm³/mol. The quantitative estimate of drug-likeness (QED) is 0.867. The molecule has 4 aliphatic carbocycles. The molecule has 0 aromatic heterocycles. The number of carbonyl (C=O) groups is 2. The number of anilines is 1. The molecule has 6 rings (SSSR count). The van der Waals surface area contributed by atoms with E-state index in [9.17, 15) is 9.59 Å². The monoisotopic (exact) mass is 382 g/mol. The molecule has 5 heteroatoms. The first-order chi connectivity index (χ1) is 13.5. The summed E-state index contributed by atoms with van der Waals surface area (Å²) in [4.78, 5) is 28.0. The molecule has 4 saturated carbocycles.